The highest BCUT2D eigenvalue weighted by Gasteiger charge is 2.24. The fraction of sp³-hybridized carbons (Fsp3) is 0.533. The van der Waals surface area contributed by atoms with Gasteiger partial charge in [0.1, 0.15) is 17.1 Å². The summed E-state index contributed by atoms with van der Waals surface area (Å²) in [5.74, 6) is 1.47. The predicted molar refractivity (Wildman–Crippen MR) is 81.9 cm³/mol. The fourth-order valence-corrected chi connectivity index (χ4v) is 3.39. The van der Waals surface area contributed by atoms with E-state index < -0.39 is 0 Å². The van der Waals surface area contributed by atoms with Gasteiger partial charge in [0.2, 0.25) is 0 Å². The van der Waals surface area contributed by atoms with E-state index >= 15 is 0 Å². The maximum Gasteiger partial charge on any atom is 0.258 e. The number of hydrogen-bond donors (Lipinski definition) is 1. The van der Waals surface area contributed by atoms with E-state index in [0.717, 1.165) is 12.8 Å². The Morgan fingerprint density at radius 3 is 2.45 bits per heavy atom. The van der Waals surface area contributed by atoms with Crippen LogP contribution in [0.3, 0.4) is 0 Å². The van der Waals surface area contributed by atoms with Gasteiger partial charge in [-0.2, -0.15) is 0 Å². The molecule has 0 aliphatic heterocycles. The molecule has 110 valence electrons. The van der Waals surface area contributed by atoms with Crippen molar-refractivity contribution >= 4 is 21.8 Å². The van der Waals surface area contributed by atoms with Gasteiger partial charge in [-0.1, -0.05) is 22.0 Å². The summed E-state index contributed by atoms with van der Waals surface area (Å²) in [5.41, 5.74) is 0.464. The molecule has 20 heavy (non-hydrogen) atoms. The maximum atomic E-state index is 12.4. The van der Waals surface area contributed by atoms with Crippen molar-refractivity contribution < 1.29 is 14.3 Å². The third-order valence-electron chi connectivity index (χ3n) is 3.68. The first-order valence-electron chi connectivity index (χ1n) is 6.79. The average Bonchev–Trinajstić information content (AvgIpc) is 2.89. The van der Waals surface area contributed by atoms with Gasteiger partial charge in [0.25, 0.3) is 5.91 Å². The summed E-state index contributed by atoms with van der Waals surface area (Å²) in [6, 6.07) is 5.34. The summed E-state index contributed by atoms with van der Waals surface area (Å²) in [5, 5.41) is 2.99. The molecule has 1 saturated carbocycles. The molecular formula is C15H20BrNO3. The largest absolute Gasteiger partial charge is 0.496 e. The Labute approximate surface area is 128 Å². The minimum atomic E-state index is -0.141. The molecule has 0 spiro atoms. The van der Waals surface area contributed by atoms with Crippen LogP contribution >= 0.6 is 15.9 Å². The summed E-state index contributed by atoms with van der Waals surface area (Å²) in [6.07, 6.45) is 3.45. The molecule has 5 heteroatoms. The van der Waals surface area contributed by atoms with Crippen molar-refractivity contribution in [1.29, 1.82) is 0 Å². The number of amides is 1. The minimum absolute atomic E-state index is 0.141. The van der Waals surface area contributed by atoms with Gasteiger partial charge >= 0.3 is 0 Å². The van der Waals surface area contributed by atoms with E-state index in [1.165, 1.54) is 6.42 Å². The number of carbonyl (C=O) groups excluding carboxylic acids is 1. The van der Waals surface area contributed by atoms with E-state index in [0.29, 0.717) is 34.4 Å². The quantitative estimate of drug-likeness (QED) is 0.837. The Morgan fingerprint density at radius 2 is 1.95 bits per heavy atom. The van der Waals surface area contributed by atoms with Gasteiger partial charge in [0.15, 0.2) is 0 Å². The van der Waals surface area contributed by atoms with Gasteiger partial charge in [-0.15, -0.1) is 0 Å². The Hall–Kier alpha value is -1.23. The Bertz CT molecular complexity index is 456. The lowest BCUT2D eigenvalue weighted by Gasteiger charge is -2.15. The van der Waals surface area contributed by atoms with Crippen molar-refractivity contribution in [3.05, 3.63) is 23.8 Å². The smallest absolute Gasteiger partial charge is 0.258 e. The molecule has 1 fully saturated rings. The number of rotatable bonds is 5. The van der Waals surface area contributed by atoms with Crippen LogP contribution in [0.4, 0.5) is 0 Å². The summed E-state index contributed by atoms with van der Waals surface area (Å²) < 4.78 is 10.5. The Balaban J connectivity index is 2.05. The van der Waals surface area contributed by atoms with Crippen molar-refractivity contribution in [1.82, 2.24) is 5.32 Å². The second kappa shape index (κ2) is 6.97. The van der Waals surface area contributed by atoms with Crippen molar-refractivity contribution in [2.45, 2.75) is 24.1 Å². The normalized spacial score (nSPS) is 21.6. The minimum Gasteiger partial charge on any atom is -0.496 e. The SMILES string of the molecule is COc1cccc(OC)c1C(=O)NCC1CCC(Br)C1. The molecule has 1 aromatic carbocycles. The Morgan fingerprint density at radius 1 is 1.30 bits per heavy atom. The van der Waals surface area contributed by atoms with Crippen LogP contribution in [0.1, 0.15) is 29.6 Å². The molecular weight excluding hydrogens is 322 g/mol. The summed E-state index contributed by atoms with van der Waals surface area (Å²) >= 11 is 3.62. The number of ether oxygens (including phenoxy) is 2. The summed E-state index contributed by atoms with van der Waals surface area (Å²) in [4.78, 5) is 12.9. The molecule has 1 aliphatic carbocycles. The van der Waals surface area contributed by atoms with E-state index in [1.807, 2.05) is 0 Å². The molecule has 4 nitrogen and oxygen atoms in total. The molecule has 0 saturated heterocycles. The number of alkyl halides is 1. The lowest BCUT2D eigenvalue weighted by atomic mass is 10.1. The average molecular weight is 342 g/mol. The molecule has 0 aromatic heterocycles. The van der Waals surface area contributed by atoms with Crippen LogP contribution in [0, 0.1) is 5.92 Å². The molecule has 1 amide bonds. The molecule has 1 aliphatic rings. The van der Waals surface area contributed by atoms with E-state index in [9.17, 15) is 4.79 Å². The second-order valence-corrected chi connectivity index (χ2v) is 6.32. The standard InChI is InChI=1S/C15H20BrNO3/c1-19-12-4-3-5-13(20-2)14(12)15(18)17-9-10-6-7-11(16)8-10/h3-5,10-11H,6-9H2,1-2H3,(H,17,18). The zero-order valence-electron chi connectivity index (χ0n) is 11.8. The van der Waals surface area contributed by atoms with Crippen LogP contribution in [0.5, 0.6) is 11.5 Å². The van der Waals surface area contributed by atoms with E-state index in [-0.39, 0.29) is 5.91 Å². The van der Waals surface area contributed by atoms with E-state index in [4.69, 9.17) is 9.47 Å². The van der Waals surface area contributed by atoms with Crippen LogP contribution in [-0.2, 0) is 0 Å². The first-order valence-corrected chi connectivity index (χ1v) is 7.70. The number of methoxy groups -OCH3 is 2. The number of halogens is 1. The highest BCUT2D eigenvalue weighted by Crippen LogP contribution is 2.31. The molecule has 2 rings (SSSR count). The lowest BCUT2D eigenvalue weighted by molar-refractivity contribution is 0.0941. The highest BCUT2D eigenvalue weighted by molar-refractivity contribution is 9.09. The van der Waals surface area contributed by atoms with Crippen molar-refractivity contribution in [2.24, 2.45) is 5.92 Å². The molecule has 0 bridgehead atoms. The van der Waals surface area contributed by atoms with Crippen LogP contribution < -0.4 is 14.8 Å². The molecule has 2 unspecified atom stereocenters. The predicted octanol–water partition coefficient (Wildman–Crippen LogP) is 3.00. The van der Waals surface area contributed by atoms with Crippen molar-refractivity contribution in [3.63, 3.8) is 0 Å². The summed E-state index contributed by atoms with van der Waals surface area (Å²) in [7, 11) is 3.11. The third kappa shape index (κ3) is 3.45. The van der Waals surface area contributed by atoms with Crippen LogP contribution in [0.25, 0.3) is 0 Å². The van der Waals surface area contributed by atoms with Crippen LogP contribution in [0.2, 0.25) is 0 Å². The topological polar surface area (TPSA) is 47.6 Å². The number of hydrogen-bond acceptors (Lipinski definition) is 3. The number of benzene rings is 1. The van der Waals surface area contributed by atoms with E-state index in [1.54, 1.807) is 32.4 Å². The highest BCUT2D eigenvalue weighted by atomic mass is 79.9. The van der Waals surface area contributed by atoms with Gasteiger partial charge in [0.05, 0.1) is 14.2 Å². The van der Waals surface area contributed by atoms with Gasteiger partial charge in [-0.3, -0.25) is 4.79 Å². The van der Waals surface area contributed by atoms with Gasteiger partial charge in [0, 0.05) is 11.4 Å². The van der Waals surface area contributed by atoms with Crippen molar-refractivity contribution in [2.75, 3.05) is 20.8 Å². The van der Waals surface area contributed by atoms with Gasteiger partial charge in [-0.05, 0) is 37.3 Å². The van der Waals surface area contributed by atoms with Gasteiger partial charge in [-0.25, -0.2) is 0 Å². The number of carbonyl (C=O) groups is 1. The zero-order chi connectivity index (χ0) is 14.5. The first-order chi connectivity index (χ1) is 9.65. The molecule has 2 atom stereocenters. The van der Waals surface area contributed by atoms with Crippen molar-refractivity contribution in [3.8, 4) is 11.5 Å². The second-order valence-electron chi connectivity index (χ2n) is 5.02. The zero-order valence-corrected chi connectivity index (χ0v) is 13.4. The maximum absolute atomic E-state index is 12.4. The summed E-state index contributed by atoms with van der Waals surface area (Å²) in [6.45, 7) is 0.697. The molecule has 1 N–H and O–H groups in total. The fourth-order valence-electron chi connectivity index (χ4n) is 2.60. The van der Waals surface area contributed by atoms with E-state index in [2.05, 4.69) is 21.2 Å². The monoisotopic (exact) mass is 341 g/mol. The molecule has 0 radical (unpaired) electrons. The van der Waals surface area contributed by atoms with Crippen LogP contribution in [-0.4, -0.2) is 31.5 Å². The van der Waals surface area contributed by atoms with Crippen LogP contribution in [0.15, 0.2) is 18.2 Å². The molecule has 1 aromatic rings. The first kappa shape index (κ1) is 15.2. The molecule has 0 heterocycles. The Kier molecular flexibility index (Phi) is 5.29. The lowest BCUT2D eigenvalue weighted by Crippen LogP contribution is -2.29. The third-order valence-corrected chi connectivity index (χ3v) is 4.52. The van der Waals surface area contributed by atoms with Gasteiger partial charge < -0.3 is 14.8 Å². The number of nitrogens with one attached hydrogen (secondary N) is 1.